The molecule has 2 amide bonds. The van der Waals surface area contributed by atoms with E-state index in [9.17, 15) is 14.0 Å². The predicted molar refractivity (Wildman–Crippen MR) is 130 cm³/mol. The van der Waals surface area contributed by atoms with E-state index in [0.717, 1.165) is 39.4 Å². The van der Waals surface area contributed by atoms with Gasteiger partial charge in [0.25, 0.3) is 11.1 Å². The number of carbonyl (C=O) groups is 2. The molecule has 5 rings (SSSR count). The number of halogens is 1. The molecule has 0 radical (unpaired) electrons. The summed E-state index contributed by atoms with van der Waals surface area (Å²) in [6, 6.07) is 22.3. The summed E-state index contributed by atoms with van der Waals surface area (Å²) in [5.74, 6) is -0.549. The predicted octanol–water partition coefficient (Wildman–Crippen LogP) is 6.37. The molecule has 1 aromatic heterocycles. The SMILES string of the molecule is Cc1cccc(CN2C(=O)S/C(=C\c3cn(Cc4ccccc4F)c4ccccc34)C2=O)c1. The number of para-hydroxylation sites is 1. The summed E-state index contributed by atoms with van der Waals surface area (Å²) in [6.07, 6.45) is 3.67. The van der Waals surface area contributed by atoms with E-state index < -0.39 is 0 Å². The lowest BCUT2D eigenvalue weighted by molar-refractivity contribution is -0.123. The highest BCUT2D eigenvalue weighted by Gasteiger charge is 2.35. The third-order valence-corrected chi connectivity index (χ3v) is 6.61. The van der Waals surface area contributed by atoms with Crippen LogP contribution in [-0.2, 0) is 17.9 Å². The normalized spacial score (nSPS) is 15.2. The summed E-state index contributed by atoms with van der Waals surface area (Å²) < 4.78 is 16.2. The largest absolute Gasteiger partial charge is 0.342 e. The zero-order valence-corrected chi connectivity index (χ0v) is 18.8. The van der Waals surface area contributed by atoms with E-state index in [4.69, 9.17) is 0 Å². The fraction of sp³-hybridized carbons (Fsp3) is 0.111. The molecule has 0 saturated carbocycles. The lowest BCUT2D eigenvalue weighted by Gasteiger charge is -2.12. The van der Waals surface area contributed by atoms with Crippen LogP contribution >= 0.6 is 11.8 Å². The van der Waals surface area contributed by atoms with E-state index >= 15 is 0 Å². The Morgan fingerprint density at radius 1 is 0.939 bits per heavy atom. The van der Waals surface area contributed by atoms with Crippen molar-refractivity contribution < 1.29 is 14.0 Å². The number of thioether (sulfide) groups is 1. The summed E-state index contributed by atoms with van der Waals surface area (Å²) in [5, 5.41) is 0.669. The summed E-state index contributed by atoms with van der Waals surface area (Å²) >= 11 is 0.954. The molecule has 0 bridgehead atoms. The van der Waals surface area contributed by atoms with E-state index in [1.807, 2.05) is 72.3 Å². The quantitative estimate of drug-likeness (QED) is 0.328. The molecule has 4 aromatic rings. The Bertz CT molecular complexity index is 1420. The Morgan fingerprint density at radius 2 is 1.73 bits per heavy atom. The van der Waals surface area contributed by atoms with Crippen molar-refractivity contribution in [3.05, 3.63) is 112 Å². The van der Waals surface area contributed by atoms with Crippen LogP contribution in [0.3, 0.4) is 0 Å². The Morgan fingerprint density at radius 3 is 2.55 bits per heavy atom. The molecular weight excluding hydrogens is 435 g/mol. The van der Waals surface area contributed by atoms with Crippen LogP contribution in [0.5, 0.6) is 0 Å². The van der Waals surface area contributed by atoms with E-state index in [2.05, 4.69) is 0 Å². The third kappa shape index (κ3) is 4.22. The molecule has 164 valence electrons. The number of nitrogens with zero attached hydrogens (tertiary/aromatic N) is 2. The first-order chi connectivity index (χ1) is 16.0. The number of aromatic nitrogens is 1. The van der Waals surface area contributed by atoms with Crippen molar-refractivity contribution in [3.63, 3.8) is 0 Å². The van der Waals surface area contributed by atoms with Crippen molar-refractivity contribution in [2.45, 2.75) is 20.0 Å². The lowest BCUT2D eigenvalue weighted by Crippen LogP contribution is -2.27. The van der Waals surface area contributed by atoms with Crippen molar-refractivity contribution in [3.8, 4) is 0 Å². The molecule has 0 aliphatic carbocycles. The smallest absolute Gasteiger partial charge is 0.293 e. The fourth-order valence-electron chi connectivity index (χ4n) is 4.10. The molecular formula is C27H21FN2O2S. The van der Waals surface area contributed by atoms with Crippen LogP contribution in [0.2, 0.25) is 0 Å². The summed E-state index contributed by atoms with van der Waals surface area (Å²) in [7, 11) is 0. The maximum atomic E-state index is 14.2. The molecule has 6 heteroatoms. The average Bonchev–Trinajstić information content (AvgIpc) is 3.28. The molecule has 3 aromatic carbocycles. The van der Waals surface area contributed by atoms with E-state index in [1.54, 1.807) is 18.2 Å². The van der Waals surface area contributed by atoms with Gasteiger partial charge in [-0.2, -0.15) is 0 Å². The molecule has 1 aliphatic rings. The molecule has 0 spiro atoms. The number of rotatable bonds is 5. The van der Waals surface area contributed by atoms with Gasteiger partial charge in [-0.25, -0.2) is 4.39 Å². The van der Waals surface area contributed by atoms with Crippen molar-refractivity contribution in [1.29, 1.82) is 0 Å². The fourth-order valence-corrected chi connectivity index (χ4v) is 4.93. The van der Waals surface area contributed by atoms with E-state index in [0.29, 0.717) is 17.0 Å². The number of hydrogen-bond donors (Lipinski definition) is 0. The zero-order chi connectivity index (χ0) is 22.9. The summed E-state index contributed by atoms with van der Waals surface area (Å²) in [4.78, 5) is 27.3. The van der Waals surface area contributed by atoms with Gasteiger partial charge >= 0.3 is 0 Å². The Kier molecular flexibility index (Phi) is 5.60. The zero-order valence-electron chi connectivity index (χ0n) is 18.0. The highest BCUT2D eigenvalue weighted by Crippen LogP contribution is 2.35. The monoisotopic (exact) mass is 456 g/mol. The van der Waals surface area contributed by atoms with E-state index in [-0.39, 0.29) is 23.5 Å². The van der Waals surface area contributed by atoms with Crippen LogP contribution < -0.4 is 0 Å². The molecule has 1 fully saturated rings. The third-order valence-electron chi connectivity index (χ3n) is 5.70. The maximum Gasteiger partial charge on any atom is 0.293 e. The number of carbonyl (C=O) groups excluding carboxylic acids is 2. The van der Waals surface area contributed by atoms with Crippen LogP contribution in [0.25, 0.3) is 17.0 Å². The molecule has 1 aliphatic heterocycles. The Hall–Kier alpha value is -3.64. The summed E-state index contributed by atoms with van der Waals surface area (Å²) in [6.45, 7) is 2.60. The first-order valence-corrected chi connectivity index (χ1v) is 11.4. The molecule has 2 heterocycles. The highest BCUT2D eigenvalue weighted by molar-refractivity contribution is 8.18. The number of hydrogen-bond acceptors (Lipinski definition) is 3. The minimum absolute atomic E-state index is 0.249. The molecule has 33 heavy (non-hydrogen) atoms. The van der Waals surface area contributed by atoms with Gasteiger partial charge in [-0.1, -0.05) is 66.2 Å². The second-order valence-corrected chi connectivity index (χ2v) is 9.07. The highest BCUT2D eigenvalue weighted by atomic mass is 32.2. The Labute approximate surface area is 195 Å². The van der Waals surface area contributed by atoms with Crippen molar-refractivity contribution >= 4 is 39.9 Å². The van der Waals surface area contributed by atoms with Gasteiger partial charge in [0.2, 0.25) is 0 Å². The molecule has 0 atom stereocenters. The second-order valence-electron chi connectivity index (χ2n) is 8.08. The summed E-state index contributed by atoms with van der Waals surface area (Å²) in [5.41, 5.74) is 4.34. The molecule has 1 saturated heterocycles. The van der Waals surface area contributed by atoms with Crippen molar-refractivity contribution in [1.82, 2.24) is 9.47 Å². The van der Waals surface area contributed by atoms with Crippen LogP contribution in [-0.4, -0.2) is 20.6 Å². The van der Waals surface area contributed by atoms with Gasteiger partial charge in [0, 0.05) is 28.2 Å². The minimum atomic E-state index is -0.294. The molecule has 4 nitrogen and oxygen atoms in total. The number of aryl methyl sites for hydroxylation is 1. The number of imide groups is 1. The van der Waals surface area contributed by atoms with Crippen LogP contribution in [0.4, 0.5) is 9.18 Å². The van der Waals surface area contributed by atoms with Crippen LogP contribution in [0, 0.1) is 12.7 Å². The minimum Gasteiger partial charge on any atom is -0.342 e. The van der Waals surface area contributed by atoms with E-state index in [1.165, 1.54) is 11.0 Å². The average molecular weight is 457 g/mol. The van der Waals surface area contributed by atoms with Gasteiger partial charge < -0.3 is 4.57 Å². The van der Waals surface area contributed by atoms with Gasteiger partial charge in [0.05, 0.1) is 18.0 Å². The van der Waals surface area contributed by atoms with Gasteiger partial charge in [-0.15, -0.1) is 0 Å². The standard InChI is InChI=1S/C27H21FN2O2S/c1-18-7-6-8-19(13-18)15-30-26(31)25(33-27(30)32)14-21-17-29(24-12-5-3-10-22(21)24)16-20-9-2-4-11-23(20)28/h2-14,17H,15-16H2,1H3/b25-14-. The second kappa shape index (κ2) is 8.71. The maximum absolute atomic E-state index is 14.2. The molecule has 0 N–H and O–H groups in total. The van der Waals surface area contributed by atoms with Crippen molar-refractivity contribution in [2.24, 2.45) is 0 Å². The number of amides is 2. The molecule has 0 unspecified atom stereocenters. The first kappa shape index (κ1) is 21.2. The van der Waals surface area contributed by atoms with Gasteiger partial charge in [-0.3, -0.25) is 14.5 Å². The first-order valence-electron chi connectivity index (χ1n) is 10.6. The van der Waals surface area contributed by atoms with Crippen LogP contribution in [0.15, 0.2) is 83.9 Å². The van der Waals surface area contributed by atoms with Gasteiger partial charge in [-0.05, 0) is 42.5 Å². The number of benzene rings is 3. The Balaban J connectivity index is 1.47. The lowest BCUT2D eigenvalue weighted by atomic mass is 10.1. The van der Waals surface area contributed by atoms with Crippen LogP contribution in [0.1, 0.15) is 22.3 Å². The number of fused-ring (bicyclic) bond motifs is 1. The van der Waals surface area contributed by atoms with Gasteiger partial charge in [0.1, 0.15) is 5.82 Å². The topological polar surface area (TPSA) is 42.3 Å². The van der Waals surface area contributed by atoms with Gasteiger partial charge in [0.15, 0.2) is 0 Å². The van der Waals surface area contributed by atoms with Crippen molar-refractivity contribution in [2.75, 3.05) is 0 Å².